The lowest BCUT2D eigenvalue weighted by molar-refractivity contribution is -0.106. The Kier molecular flexibility index (Phi) is 12.3. The Balaban J connectivity index is 0.00000177. The molecule has 0 bridgehead atoms. The van der Waals surface area contributed by atoms with Gasteiger partial charge in [-0.15, -0.1) is 0 Å². The number of nitrogens with two attached hydrogens (primary N) is 2. The molecule has 242 valence electrons. The standard InChI is InChI=1S/C31H34F4N4O3.CH3NO/c1-5-7-17(14-38-31(40)18-11-19(15-37-20-8-9-20)28(36)24(12-18)41-4)23-10-16(3)30(42-6-2)29(39-23)21-13-22(32)26(34)27(35)25(21)33;2-1-3/h10-13,15,17,20H,5-9,14,36H2,1-4H3,(H,38,40);1H,(H2,2,3). The highest BCUT2D eigenvalue weighted by Gasteiger charge is 2.26. The van der Waals surface area contributed by atoms with E-state index in [9.17, 15) is 22.4 Å². The van der Waals surface area contributed by atoms with Crippen LogP contribution in [-0.4, -0.2) is 49.8 Å². The Morgan fingerprint density at radius 3 is 2.42 bits per heavy atom. The van der Waals surface area contributed by atoms with E-state index in [0.717, 1.165) is 19.3 Å². The van der Waals surface area contributed by atoms with Crippen LogP contribution in [-0.2, 0) is 4.79 Å². The van der Waals surface area contributed by atoms with Gasteiger partial charge in [-0.3, -0.25) is 14.6 Å². The first-order chi connectivity index (χ1) is 21.5. The van der Waals surface area contributed by atoms with Gasteiger partial charge in [0.15, 0.2) is 23.3 Å². The number of halogens is 4. The highest BCUT2D eigenvalue weighted by atomic mass is 19.2. The number of hydrogen-bond acceptors (Lipinski definition) is 7. The number of hydrogen-bond donors (Lipinski definition) is 3. The van der Waals surface area contributed by atoms with Crippen molar-refractivity contribution in [2.24, 2.45) is 10.7 Å². The average molecular weight is 632 g/mol. The van der Waals surface area contributed by atoms with Gasteiger partial charge in [-0.25, -0.2) is 22.5 Å². The molecule has 1 unspecified atom stereocenters. The van der Waals surface area contributed by atoms with E-state index in [1.54, 1.807) is 38.3 Å². The van der Waals surface area contributed by atoms with E-state index in [2.05, 4.69) is 21.0 Å². The quantitative estimate of drug-likeness (QED) is 0.0594. The zero-order valence-electron chi connectivity index (χ0n) is 25.6. The van der Waals surface area contributed by atoms with E-state index in [0.29, 0.717) is 46.3 Å². The minimum Gasteiger partial charge on any atom is -0.495 e. The van der Waals surface area contributed by atoms with Crippen LogP contribution in [0.4, 0.5) is 23.2 Å². The molecular formula is C32H37F4N5O4. The second kappa shape index (κ2) is 15.9. The number of aromatic nitrogens is 1. The van der Waals surface area contributed by atoms with Crippen molar-refractivity contribution in [3.05, 3.63) is 69.9 Å². The lowest BCUT2D eigenvalue weighted by atomic mass is 9.95. The second-order valence-corrected chi connectivity index (χ2v) is 10.3. The highest BCUT2D eigenvalue weighted by molar-refractivity contribution is 5.99. The van der Waals surface area contributed by atoms with Crippen molar-refractivity contribution in [2.45, 2.75) is 58.4 Å². The number of nitrogens with zero attached hydrogens (tertiary/aromatic N) is 2. The van der Waals surface area contributed by atoms with E-state index in [4.69, 9.17) is 20.0 Å². The number of amides is 2. The molecule has 2 aromatic carbocycles. The van der Waals surface area contributed by atoms with Crippen LogP contribution in [0.25, 0.3) is 11.3 Å². The average Bonchev–Trinajstić information content (AvgIpc) is 3.85. The lowest BCUT2D eigenvalue weighted by Crippen LogP contribution is -2.29. The topological polar surface area (TPSA) is 142 Å². The molecule has 1 saturated carbocycles. The Bertz CT molecular complexity index is 1560. The third kappa shape index (κ3) is 8.49. The molecule has 1 atom stereocenters. The van der Waals surface area contributed by atoms with Crippen LogP contribution in [0.5, 0.6) is 11.5 Å². The third-order valence-corrected chi connectivity index (χ3v) is 7.02. The van der Waals surface area contributed by atoms with E-state index < -0.39 is 28.8 Å². The summed E-state index contributed by atoms with van der Waals surface area (Å²) in [5.74, 6) is -7.22. The first-order valence-corrected chi connectivity index (χ1v) is 14.4. The summed E-state index contributed by atoms with van der Waals surface area (Å²) in [6.45, 7) is 5.68. The van der Waals surface area contributed by atoms with Gasteiger partial charge >= 0.3 is 0 Å². The minimum absolute atomic E-state index is 0.124. The van der Waals surface area contributed by atoms with E-state index in [1.807, 2.05) is 6.92 Å². The SMILES string of the molecule is CCCC(CNC(=O)c1cc(C=NC2CC2)c(N)c(OC)c1)c1cc(C)c(OCC)c(-c2cc(F)c(F)c(F)c2F)n1.NC=O. The fourth-order valence-electron chi connectivity index (χ4n) is 4.63. The summed E-state index contributed by atoms with van der Waals surface area (Å²) in [6.07, 6.45) is 5.24. The number of anilines is 1. The van der Waals surface area contributed by atoms with E-state index >= 15 is 0 Å². The molecule has 1 fully saturated rings. The third-order valence-electron chi connectivity index (χ3n) is 7.02. The van der Waals surface area contributed by atoms with Gasteiger partial charge in [0.25, 0.3) is 5.91 Å². The lowest BCUT2D eigenvalue weighted by Gasteiger charge is -2.21. The molecule has 3 aromatic rings. The monoisotopic (exact) mass is 631 g/mol. The molecule has 1 aromatic heterocycles. The minimum atomic E-state index is -1.94. The zero-order valence-corrected chi connectivity index (χ0v) is 25.6. The molecule has 1 heterocycles. The fourth-order valence-corrected chi connectivity index (χ4v) is 4.63. The van der Waals surface area contributed by atoms with Crippen molar-refractivity contribution in [3.8, 4) is 22.8 Å². The summed E-state index contributed by atoms with van der Waals surface area (Å²) < 4.78 is 67.9. The smallest absolute Gasteiger partial charge is 0.251 e. The van der Waals surface area contributed by atoms with Crippen LogP contribution in [0.3, 0.4) is 0 Å². The molecule has 0 spiro atoms. The number of carbonyl (C=O) groups excluding carboxylic acids is 2. The van der Waals surface area contributed by atoms with Crippen LogP contribution < -0.4 is 26.3 Å². The predicted octanol–water partition coefficient (Wildman–Crippen LogP) is 5.60. The molecule has 5 N–H and O–H groups in total. The van der Waals surface area contributed by atoms with Crippen molar-refractivity contribution < 1.29 is 36.6 Å². The number of methoxy groups -OCH3 is 1. The van der Waals surface area contributed by atoms with Gasteiger partial charge in [-0.2, -0.15) is 0 Å². The van der Waals surface area contributed by atoms with Gasteiger partial charge in [0.05, 0.1) is 25.4 Å². The fraction of sp³-hybridized carbons (Fsp3) is 0.375. The molecule has 45 heavy (non-hydrogen) atoms. The number of aliphatic imine (C=N–C) groups is 1. The van der Waals surface area contributed by atoms with Crippen molar-refractivity contribution in [2.75, 3.05) is 26.0 Å². The van der Waals surface area contributed by atoms with Gasteiger partial charge in [0.2, 0.25) is 6.41 Å². The number of nitrogen functional groups attached to an aromatic ring is 1. The number of benzene rings is 2. The zero-order chi connectivity index (χ0) is 33.3. The summed E-state index contributed by atoms with van der Waals surface area (Å²) in [5, 5.41) is 2.92. The summed E-state index contributed by atoms with van der Waals surface area (Å²) in [4.78, 5) is 30.8. The van der Waals surface area contributed by atoms with Crippen molar-refractivity contribution in [3.63, 3.8) is 0 Å². The van der Waals surface area contributed by atoms with Gasteiger partial charge in [0.1, 0.15) is 17.2 Å². The van der Waals surface area contributed by atoms with Crippen LogP contribution in [0.15, 0.2) is 29.3 Å². The number of carbonyl (C=O) groups is 2. The first-order valence-electron chi connectivity index (χ1n) is 14.4. The number of nitrogens with one attached hydrogen (secondary N) is 1. The number of aryl methyl sites for hydroxylation is 1. The van der Waals surface area contributed by atoms with Crippen LogP contribution >= 0.6 is 0 Å². The van der Waals surface area contributed by atoms with Crippen LogP contribution in [0.1, 0.15) is 72.6 Å². The van der Waals surface area contributed by atoms with Gasteiger partial charge in [-0.05, 0) is 62.9 Å². The van der Waals surface area contributed by atoms with Crippen molar-refractivity contribution in [1.29, 1.82) is 0 Å². The van der Waals surface area contributed by atoms with Gasteiger partial charge in [-0.1, -0.05) is 13.3 Å². The molecule has 0 aliphatic heterocycles. The molecular weight excluding hydrogens is 594 g/mol. The molecule has 0 saturated heterocycles. The van der Waals surface area contributed by atoms with Crippen molar-refractivity contribution >= 4 is 24.2 Å². The molecule has 9 nitrogen and oxygen atoms in total. The van der Waals surface area contributed by atoms with Gasteiger partial charge < -0.3 is 26.3 Å². The van der Waals surface area contributed by atoms with Crippen LogP contribution in [0.2, 0.25) is 0 Å². The number of ether oxygens (including phenoxy) is 2. The Labute approximate surface area is 259 Å². The maximum Gasteiger partial charge on any atom is 0.251 e. The molecule has 4 rings (SSSR count). The normalized spacial score (nSPS) is 13.2. The molecule has 1 aliphatic carbocycles. The Morgan fingerprint density at radius 2 is 1.82 bits per heavy atom. The Morgan fingerprint density at radius 1 is 1.13 bits per heavy atom. The Hall–Kier alpha value is -4.68. The highest BCUT2D eigenvalue weighted by Crippen LogP contribution is 2.37. The molecule has 13 heteroatoms. The predicted molar refractivity (Wildman–Crippen MR) is 164 cm³/mol. The molecule has 0 radical (unpaired) electrons. The number of primary amides is 1. The largest absolute Gasteiger partial charge is 0.495 e. The maximum atomic E-state index is 14.9. The summed E-state index contributed by atoms with van der Waals surface area (Å²) in [6, 6.07) is 5.76. The van der Waals surface area contributed by atoms with Gasteiger partial charge in [0, 0.05) is 41.1 Å². The molecule has 1 aliphatic rings. The summed E-state index contributed by atoms with van der Waals surface area (Å²) in [7, 11) is 1.46. The van der Waals surface area contributed by atoms with Crippen molar-refractivity contribution in [1.82, 2.24) is 10.3 Å². The maximum absolute atomic E-state index is 14.9. The van der Waals surface area contributed by atoms with E-state index in [-0.39, 0.29) is 48.9 Å². The van der Waals surface area contributed by atoms with Crippen LogP contribution in [0, 0.1) is 30.2 Å². The van der Waals surface area contributed by atoms with E-state index in [1.165, 1.54) is 7.11 Å². The first kappa shape index (κ1) is 34.8. The summed E-state index contributed by atoms with van der Waals surface area (Å²) >= 11 is 0. The number of pyridine rings is 1. The second-order valence-electron chi connectivity index (χ2n) is 10.3. The summed E-state index contributed by atoms with van der Waals surface area (Å²) in [5.41, 5.74) is 11.9. The number of rotatable bonds is 12. The molecule has 2 amide bonds.